The summed E-state index contributed by atoms with van der Waals surface area (Å²) in [5, 5.41) is 10.0. The lowest BCUT2D eigenvalue weighted by molar-refractivity contribution is 0.168. The van der Waals surface area contributed by atoms with Gasteiger partial charge < -0.3 is 5.11 Å². The maximum Gasteiger partial charge on any atom is 0.279 e. The van der Waals surface area contributed by atoms with Crippen molar-refractivity contribution in [3.63, 3.8) is 0 Å². The Hall–Kier alpha value is -0.950. The van der Waals surface area contributed by atoms with E-state index < -0.39 is 16.3 Å². The molecular formula is C15H24N2O3S. The average molecular weight is 312 g/mol. The van der Waals surface area contributed by atoms with Crippen molar-refractivity contribution in [3.05, 3.63) is 35.9 Å². The molecule has 0 bridgehead atoms. The van der Waals surface area contributed by atoms with Crippen LogP contribution in [0.4, 0.5) is 0 Å². The molecule has 1 aliphatic rings. The third-order valence-electron chi connectivity index (χ3n) is 3.85. The van der Waals surface area contributed by atoms with Crippen molar-refractivity contribution in [1.82, 2.24) is 9.03 Å². The van der Waals surface area contributed by atoms with Crippen LogP contribution in [-0.2, 0) is 10.2 Å². The lowest BCUT2D eigenvalue weighted by Crippen LogP contribution is -2.45. The Morgan fingerprint density at radius 2 is 2.10 bits per heavy atom. The van der Waals surface area contributed by atoms with Gasteiger partial charge in [0.2, 0.25) is 0 Å². The van der Waals surface area contributed by atoms with Crippen LogP contribution in [-0.4, -0.2) is 37.5 Å². The highest BCUT2D eigenvalue weighted by atomic mass is 32.2. The zero-order valence-corrected chi connectivity index (χ0v) is 13.2. The van der Waals surface area contributed by atoms with Crippen LogP contribution in [0.1, 0.15) is 37.9 Å². The topological polar surface area (TPSA) is 69.6 Å². The molecule has 5 nitrogen and oxygen atoms in total. The standard InChI is InChI=1S/C15H24N2O3S/c1-13-6-5-11-17(12-13)21(19,20)16-10-9-15(18)14-7-3-2-4-8-14/h2-4,7-8,13,15-16,18H,5-6,9-12H2,1H3/t13-,15-/m0/s1. The number of benzene rings is 1. The van der Waals surface area contributed by atoms with Crippen LogP contribution in [0.2, 0.25) is 0 Å². The summed E-state index contributed by atoms with van der Waals surface area (Å²) in [6, 6.07) is 9.28. The molecule has 0 radical (unpaired) electrons. The van der Waals surface area contributed by atoms with Crippen LogP contribution in [0, 0.1) is 5.92 Å². The van der Waals surface area contributed by atoms with Crippen molar-refractivity contribution < 1.29 is 13.5 Å². The van der Waals surface area contributed by atoms with Gasteiger partial charge in [-0.15, -0.1) is 0 Å². The zero-order valence-electron chi connectivity index (χ0n) is 12.4. The van der Waals surface area contributed by atoms with Crippen LogP contribution in [0.3, 0.4) is 0 Å². The fourth-order valence-corrected chi connectivity index (χ4v) is 4.00. The fourth-order valence-electron chi connectivity index (χ4n) is 2.62. The minimum Gasteiger partial charge on any atom is -0.388 e. The second kappa shape index (κ2) is 7.35. The summed E-state index contributed by atoms with van der Waals surface area (Å²) in [6.07, 6.45) is 1.72. The molecule has 1 fully saturated rings. The number of piperidine rings is 1. The van der Waals surface area contributed by atoms with E-state index in [4.69, 9.17) is 0 Å². The van der Waals surface area contributed by atoms with Crippen molar-refractivity contribution in [2.75, 3.05) is 19.6 Å². The van der Waals surface area contributed by atoms with Crippen LogP contribution < -0.4 is 4.72 Å². The summed E-state index contributed by atoms with van der Waals surface area (Å²) >= 11 is 0. The summed E-state index contributed by atoms with van der Waals surface area (Å²) in [4.78, 5) is 0. The quantitative estimate of drug-likeness (QED) is 0.839. The van der Waals surface area contributed by atoms with Gasteiger partial charge in [0, 0.05) is 19.6 Å². The fraction of sp³-hybridized carbons (Fsp3) is 0.600. The molecule has 2 rings (SSSR count). The molecule has 2 N–H and O–H groups in total. The molecule has 1 aliphatic heterocycles. The zero-order chi connectivity index (χ0) is 15.3. The first-order valence-electron chi connectivity index (χ1n) is 7.47. The molecular weight excluding hydrogens is 288 g/mol. The molecule has 1 aromatic carbocycles. The first kappa shape index (κ1) is 16.4. The molecule has 1 heterocycles. The predicted octanol–water partition coefficient (Wildman–Crippen LogP) is 1.68. The number of aliphatic hydroxyl groups excluding tert-OH is 1. The molecule has 0 aliphatic carbocycles. The van der Waals surface area contributed by atoms with E-state index in [2.05, 4.69) is 11.6 Å². The monoisotopic (exact) mass is 312 g/mol. The van der Waals surface area contributed by atoms with Gasteiger partial charge in [0.1, 0.15) is 0 Å². The first-order chi connectivity index (χ1) is 9.99. The number of aliphatic hydroxyl groups is 1. The average Bonchev–Trinajstić information content (AvgIpc) is 2.48. The number of nitrogens with zero attached hydrogens (tertiary/aromatic N) is 1. The van der Waals surface area contributed by atoms with E-state index in [-0.39, 0.29) is 6.54 Å². The van der Waals surface area contributed by atoms with E-state index in [1.807, 2.05) is 30.3 Å². The van der Waals surface area contributed by atoms with Gasteiger partial charge >= 0.3 is 0 Å². The molecule has 1 saturated heterocycles. The van der Waals surface area contributed by atoms with Crippen molar-refractivity contribution >= 4 is 10.2 Å². The molecule has 21 heavy (non-hydrogen) atoms. The normalized spacial score (nSPS) is 22.1. The van der Waals surface area contributed by atoms with E-state index in [1.54, 1.807) is 0 Å². The van der Waals surface area contributed by atoms with Gasteiger partial charge in [-0.05, 0) is 30.7 Å². The van der Waals surface area contributed by atoms with Crippen molar-refractivity contribution in [1.29, 1.82) is 0 Å². The molecule has 6 heteroatoms. The lowest BCUT2D eigenvalue weighted by atomic mass is 10.0. The highest BCUT2D eigenvalue weighted by molar-refractivity contribution is 7.87. The summed E-state index contributed by atoms with van der Waals surface area (Å²) in [7, 11) is -3.42. The lowest BCUT2D eigenvalue weighted by Gasteiger charge is -2.30. The maximum absolute atomic E-state index is 12.2. The Labute approximate surface area is 127 Å². The van der Waals surface area contributed by atoms with Gasteiger partial charge in [0.15, 0.2) is 0 Å². The molecule has 0 aromatic heterocycles. The minimum absolute atomic E-state index is 0.239. The molecule has 2 atom stereocenters. The van der Waals surface area contributed by atoms with Crippen LogP contribution >= 0.6 is 0 Å². The first-order valence-corrected chi connectivity index (χ1v) is 8.91. The van der Waals surface area contributed by atoms with Gasteiger partial charge in [-0.1, -0.05) is 37.3 Å². The van der Waals surface area contributed by atoms with Gasteiger partial charge in [-0.25, -0.2) is 4.72 Å². The van der Waals surface area contributed by atoms with Crippen molar-refractivity contribution in [2.45, 2.75) is 32.3 Å². The Kier molecular flexibility index (Phi) is 5.75. The van der Waals surface area contributed by atoms with E-state index in [1.165, 1.54) is 4.31 Å². The Morgan fingerprint density at radius 1 is 1.38 bits per heavy atom. The molecule has 0 unspecified atom stereocenters. The highest BCUT2D eigenvalue weighted by Crippen LogP contribution is 2.18. The van der Waals surface area contributed by atoms with Crippen LogP contribution in [0.15, 0.2) is 30.3 Å². The van der Waals surface area contributed by atoms with E-state index in [0.29, 0.717) is 25.4 Å². The number of nitrogens with one attached hydrogen (secondary N) is 1. The number of hydrogen-bond donors (Lipinski definition) is 2. The highest BCUT2D eigenvalue weighted by Gasteiger charge is 2.26. The smallest absolute Gasteiger partial charge is 0.279 e. The van der Waals surface area contributed by atoms with Crippen LogP contribution in [0.25, 0.3) is 0 Å². The van der Waals surface area contributed by atoms with Crippen molar-refractivity contribution in [2.24, 2.45) is 5.92 Å². The molecule has 1 aromatic rings. The van der Waals surface area contributed by atoms with Crippen molar-refractivity contribution in [3.8, 4) is 0 Å². The summed E-state index contributed by atoms with van der Waals surface area (Å²) in [6.45, 7) is 3.47. The van der Waals surface area contributed by atoms with Crippen LogP contribution in [0.5, 0.6) is 0 Å². The van der Waals surface area contributed by atoms with Gasteiger partial charge in [-0.2, -0.15) is 12.7 Å². The Balaban J connectivity index is 1.82. The second-order valence-corrected chi connectivity index (χ2v) is 7.48. The Bertz CT molecular complexity index is 533. The molecule has 0 amide bonds. The van der Waals surface area contributed by atoms with Gasteiger partial charge in [0.25, 0.3) is 10.2 Å². The van der Waals surface area contributed by atoms with E-state index in [9.17, 15) is 13.5 Å². The van der Waals surface area contributed by atoms with Gasteiger partial charge in [0.05, 0.1) is 6.10 Å². The largest absolute Gasteiger partial charge is 0.388 e. The third kappa shape index (κ3) is 4.78. The summed E-state index contributed by atoms with van der Waals surface area (Å²) in [5.74, 6) is 0.408. The van der Waals surface area contributed by atoms with E-state index >= 15 is 0 Å². The molecule has 0 saturated carbocycles. The minimum atomic E-state index is -3.42. The molecule has 118 valence electrons. The maximum atomic E-state index is 12.2. The predicted molar refractivity (Wildman–Crippen MR) is 82.9 cm³/mol. The number of hydrogen-bond acceptors (Lipinski definition) is 3. The molecule has 0 spiro atoms. The van der Waals surface area contributed by atoms with Gasteiger partial charge in [-0.3, -0.25) is 0 Å². The second-order valence-electron chi connectivity index (χ2n) is 5.72. The summed E-state index contributed by atoms with van der Waals surface area (Å²) in [5.41, 5.74) is 0.809. The Morgan fingerprint density at radius 3 is 2.76 bits per heavy atom. The van der Waals surface area contributed by atoms with E-state index in [0.717, 1.165) is 18.4 Å². The summed E-state index contributed by atoms with van der Waals surface area (Å²) < 4.78 is 28.5. The SMILES string of the molecule is C[C@H]1CCCN(S(=O)(=O)NCC[C@H](O)c2ccccc2)C1. The third-order valence-corrected chi connectivity index (χ3v) is 5.43. The number of rotatable bonds is 6.